The summed E-state index contributed by atoms with van der Waals surface area (Å²) >= 11 is 3.37. The summed E-state index contributed by atoms with van der Waals surface area (Å²) in [6.45, 7) is 2.59. The summed E-state index contributed by atoms with van der Waals surface area (Å²) in [6, 6.07) is 7.86. The summed E-state index contributed by atoms with van der Waals surface area (Å²) < 4.78 is 38.6. The van der Waals surface area contributed by atoms with Crippen molar-refractivity contribution in [1.82, 2.24) is 4.90 Å². The number of piperidine rings is 1. The molecule has 1 saturated heterocycles. The first-order valence-electron chi connectivity index (χ1n) is 6.73. The van der Waals surface area contributed by atoms with Crippen molar-refractivity contribution in [3.8, 4) is 0 Å². The summed E-state index contributed by atoms with van der Waals surface area (Å²) in [5.41, 5.74) is 1.03. The molecule has 0 bridgehead atoms. The van der Waals surface area contributed by atoms with Crippen LogP contribution in [-0.2, 0) is 0 Å². The number of likely N-dealkylation sites (tertiary alicyclic amines) is 1. The van der Waals surface area contributed by atoms with Crippen LogP contribution < -0.4 is 5.32 Å². The van der Waals surface area contributed by atoms with Gasteiger partial charge in [-0.05, 0) is 50.2 Å². The van der Waals surface area contributed by atoms with Gasteiger partial charge in [-0.1, -0.05) is 15.9 Å². The normalized spacial score (nSPS) is 18.2. The van der Waals surface area contributed by atoms with E-state index in [1.807, 2.05) is 24.3 Å². The van der Waals surface area contributed by atoms with Gasteiger partial charge < -0.3 is 10.2 Å². The van der Waals surface area contributed by atoms with Crippen molar-refractivity contribution in [3.05, 3.63) is 28.7 Å². The predicted octanol–water partition coefficient (Wildman–Crippen LogP) is 4.14. The molecule has 0 radical (unpaired) electrons. The van der Waals surface area contributed by atoms with E-state index in [-0.39, 0.29) is 12.8 Å². The average Bonchev–Trinajstić information content (AvgIpc) is 2.41. The van der Waals surface area contributed by atoms with Crippen molar-refractivity contribution >= 4 is 21.6 Å². The lowest BCUT2D eigenvalue weighted by Crippen LogP contribution is -2.40. The monoisotopic (exact) mass is 350 g/mol. The highest BCUT2D eigenvalue weighted by atomic mass is 79.9. The van der Waals surface area contributed by atoms with Gasteiger partial charge in [-0.25, -0.2) is 0 Å². The molecule has 1 aliphatic heterocycles. The summed E-state index contributed by atoms with van der Waals surface area (Å²) in [6.07, 6.45) is -3.58. The molecule has 1 N–H and O–H groups in total. The van der Waals surface area contributed by atoms with Gasteiger partial charge in [0, 0.05) is 23.2 Å². The first kappa shape index (κ1) is 15.6. The van der Waals surface area contributed by atoms with Gasteiger partial charge >= 0.3 is 6.18 Å². The number of hydrogen-bond donors (Lipinski definition) is 1. The zero-order valence-electron chi connectivity index (χ0n) is 11.1. The van der Waals surface area contributed by atoms with Gasteiger partial charge in [-0.3, -0.25) is 0 Å². The molecule has 112 valence electrons. The van der Waals surface area contributed by atoms with Crippen LogP contribution in [0.4, 0.5) is 18.9 Å². The van der Waals surface area contributed by atoms with Gasteiger partial charge in [0.1, 0.15) is 0 Å². The highest BCUT2D eigenvalue weighted by Gasteiger charge is 2.40. The fourth-order valence-electron chi connectivity index (χ4n) is 2.41. The molecule has 0 aromatic heterocycles. The summed E-state index contributed by atoms with van der Waals surface area (Å²) in [7, 11) is 0. The fraction of sp³-hybridized carbons (Fsp3) is 0.571. The number of rotatable bonds is 4. The van der Waals surface area contributed by atoms with Gasteiger partial charge in [0.25, 0.3) is 0 Å². The van der Waals surface area contributed by atoms with E-state index < -0.39 is 12.1 Å². The Morgan fingerprint density at radius 2 is 1.75 bits per heavy atom. The molecule has 20 heavy (non-hydrogen) atoms. The predicted molar refractivity (Wildman–Crippen MR) is 77.9 cm³/mol. The summed E-state index contributed by atoms with van der Waals surface area (Å²) in [4.78, 5) is 2.09. The van der Waals surface area contributed by atoms with E-state index in [1.165, 1.54) is 0 Å². The van der Waals surface area contributed by atoms with Gasteiger partial charge in [0.15, 0.2) is 0 Å². The van der Waals surface area contributed by atoms with Crippen molar-refractivity contribution in [2.75, 3.05) is 31.5 Å². The lowest BCUT2D eigenvalue weighted by atomic mass is 9.96. The second-order valence-corrected chi connectivity index (χ2v) is 6.01. The van der Waals surface area contributed by atoms with Crippen LogP contribution in [-0.4, -0.2) is 37.3 Å². The fourth-order valence-corrected chi connectivity index (χ4v) is 2.67. The lowest BCUT2D eigenvalue weighted by molar-refractivity contribution is -0.184. The minimum absolute atomic E-state index is 0.224. The molecule has 0 saturated carbocycles. The highest BCUT2D eigenvalue weighted by Crippen LogP contribution is 2.33. The second kappa shape index (κ2) is 6.80. The van der Waals surface area contributed by atoms with Crippen LogP contribution in [0.2, 0.25) is 0 Å². The van der Waals surface area contributed by atoms with Crippen LogP contribution in [0.25, 0.3) is 0 Å². The highest BCUT2D eigenvalue weighted by molar-refractivity contribution is 9.10. The summed E-state index contributed by atoms with van der Waals surface area (Å²) in [5, 5.41) is 3.28. The maximum absolute atomic E-state index is 12.5. The minimum Gasteiger partial charge on any atom is -0.384 e. The zero-order chi connectivity index (χ0) is 14.6. The first-order chi connectivity index (χ1) is 9.45. The molecule has 1 aliphatic rings. The molecule has 1 heterocycles. The molecular weight excluding hydrogens is 333 g/mol. The van der Waals surface area contributed by atoms with E-state index in [9.17, 15) is 13.2 Å². The van der Waals surface area contributed by atoms with E-state index in [0.29, 0.717) is 13.1 Å². The largest absolute Gasteiger partial charge is 0.391 e. The second-order valence-electron chi connectivity index (χ2n) is 5.09. The van der Waals surface area contributed by atoms with Crippen LogP contribution in [0, 0.1) is 5.92 Å². The number of hydrogen-bond acceptors (Lipinski definition) is 2. The number of anilines is 1. The third-order valence-corrected chi connectivity index (χ3v) is 4.18. The number of nitrogens with zero attached hydrogens (tertiary/aromatic N) is 1. The van der Waals surface area contributed by atoms with Crippen molar-refractivity contribution in [1.29, 1.82) is 0 Å². The van der Waals surface area contributed by atoms with E-state index in [2.05, 4.69) is 26.1 Å². The maximum atomic E-state index is 12.5. The Labute approximate surface area is 125 Å². The van der Waals surface area contributed by atoms with E-state index in [4.69, 9.17) is 0 Å². The Bertz CT molecular complexity index is 411. The van der Waals surface area contributed by atoms with Gasteiger partial charge in [-0.2, -0.15) is 13.2 Å². The molecule has 0 unspecified atom stereocenters. The van der Waals surface area contributed by atoms with Crippen molar-refractivity contribution in [3.63, 3.8) is 0 Å². The number of alkyl halides is 3. The quantitative estimate of drug-likeness (QED) is 0.877. The third-order valence-electron chi connectivity index (χ3n) is 3.65. The Balaban J connectivity index is 1.67. The SMILES string of the molecule is FC(F)(F)C1CCN(CCNc2ccc(Br)cc2)CC1. The molecular formula is C14H18BrF3N2. The molecule has 1 aromatic carbocycles. The summed E-state index contributed by atoms with van der Waals surface area (Å²) in [5.74, 6) is -1.11. The molecule has 6 heteroatoms. The average molecular weight is 351 g/mol. The van der Waals surface area contributed by atoms with E-state index in [0.717, 1.165) is 23.2 Å². The molecule has 0 atom stereocenters. The Hall–Kier alpha value is -0.750. The topological polar surface area (TPSA) is 15.3 Å². The van der Waals surface area contributed by atoms with E-state index in [1.54, 1.807) is 0 Å². The molecule has 0 amide bonds. The molecule has 0 spiro atoms. The minimum atomic E-state index is -4.03. The molecule has 2 nitrogen and oxygen atoms in total. The Morgan fingerprint density at radius 3 is 2.30 bits per heavy atom. The van der Waals surface area contributed by atoms with Crippen LogP contribution in [0.3, 0.4) is 0 Å². The van der Waals surface area contributed by atoms with Crippen molar-refractivity contribution in [2.24, 2.45) is 5.92 Å². The number of benzene rings is 1. The van der Waals surface area contributed by atoms with E-state index >= 15 is 0 Å². The van der Waals surface area contributed by atoms with Gasteiger partial charge in [0.2, 0.25) is 0 Å². The van der Waals surface area contributed by atoms with Crippen LogP contribution in [0.5, 0.6) is 0 Å². The van der Waals surface area contributed by atoms with Gasteiger partial charge in [0.05, 0.1) is 5.92 Å². The first-order valence-corrected chi connectivity index (χ1v) is 7.53. The molecule has 0 aliphatic carbocycles. The standard InChI is InChI=1S/C14H18BrF3N2/c15-12-1-3-13(4-2-12)19-7-10-20-8-5-11(6-9-20)14(16,17)18/h1-4,11,19H,5-10H2. The van der Waals surface area contributed by atoms with Crippen LogP contribution in [0.15, 0.2) is 28.7 Å². The van der Waals surface area contributed by atoms with Gasteiger partial charge in [-0.15, -0.1) is 0 Å². The molecule has 1 fully saturated rings. The van der Waals surface area contributed by atoms with Crippen molar-refractivity contribution < 1.29 is 13.2 Å². The maximum Gasteiger partial charge on any atom is 0.391 e. The third kappa shape index (κ3) is 4.66. The van der Waals surface area contributed by atoms with Crippen LogP contribution in [0.1, 0.15) is 12.8 Å². The smallest absolute Gasteiger partial charge is 0.384 e. The number of nitrogens with one attached hydrogen (secondary N) is 1. The van der Waals surface area contributed by atoms with Crippen molar-refractivity contribution in [2.45, 2.75) is 19.0 Å². The lowest BCUT2D eigenvalue weighted by Gasteiger charge is -2.32. The number of halogens is 4. The zero-order valence-corrected chi connectivity index (χ0v) is 12.7. The Kier molecular flexibility index (Phi) is 5.32. The van der Waals surface area contributed by atoms with Crippen LogP contribution >= 0.6 is 15.9 Å². The molecule has 2 rings (SSSR count). The Morgan fingerprint density at radius 1 is 1.15 bits per heavy atom. The molecule has 1 aromatic rings.